The minimum atomic E-state index is -0.889. The van der Waals surface area contributed by atoms with Gasteiger partial charge in [-0.1, -0.05) is 0 Å². The van der Waals surface area contributed by atoms with Gasteiger partial charge in [-0.15, -0.1) is 0 Å². The Morgan fingerprint density at radius 3 is 2.67 bits per heavy atom. The first-order valence-corrected chi connectivity index (χ1v) is 5.54. The van der Waals surface area contributed by atoms with Crippen molar-refractivity contribution in [3.8, 4) is 0 Å². The van der Waals surface area contributed by atoms with Crippen LogP contribution in [0.4, 0.5) is 0 Å². The van der Waals surface area contributed by atoms with Crippen LogP contribution in [0, 0.1) is 11.8 Å². The lowest BCUT2D eigenvalue weighted by Gasteiger charge is -2.27. The number of aliphatic carboxylic acids is 1. The average Bonchev–Trinajstić information content (AvgIpc) is 2.19. The first kappa shape index (κ1) is 12.4. The summed E-state index contributed by atoms with van der Waals surface area (Å²) < 4.78 is 10.3. The highest BCUT2D eigenvalue weighted by Crippen LogP contribution is 2.25. The highest BCUT2D eigenvalue weighted by atomic mass is 32.1. The lowest BCUT2D eigenvalue weighted by molar-refractivity contribution is -0.142. The fraction of sp³-hybridized carbons (Fsp3) is 0.800. The van der Waals surface area contributed by atoms with Gasteiger partial charge in [0.25, 0.3) is 0 Å². The van der Waals surface area contributed by atoms with Gasteiger partial charge in [0.1, 0.15) is 5.92 Å². The lowest BCUT2D eigenvalue weighted by Crippen LogP contribution is -2.35. The number of carbonyl (C=O) groups is 1. The summed E-state index contributed by atoms with van der Waals surface area (Å²) in [6, 6.07) is 0. The third-order valence-electron chi connectivity index (χ3n) is 2.54. The van der Waals surface area contributed by atoms with Crippen LogP contribution in [-0.4, -0.2) is 35.9 Å². The zero-order valence-electron chi connectivity index (χ0n) is 8.77. The Labute approximate surface area is 94.6 Å². The van der Waals surface area contributed by atoms with Gasteiger partial charge < -0.3 is 14.6 Å². The summed E-state index contributed by atoms with van der Waals surface area (Å²) in [4.78, 5) is 11.1. The van der Waals surface area contributed by atoms with E-state index in [-0.39, 0.29) is 11.0 Å². The Morgan fingerprint density at radius 1 is 1.60 bits per heavy atom. The van der Waals surface area contributed by atoms with Crippen molar-refractivity contribution in [2.75, 3.05) is 19.8 Å². The molecule has 1 heterocycles. The molecule has 1 rings (SSSR count). The summed E-state index contributed by atoms with van der Waals surface area (Å²) in [7, 11) is 0. The summed E-state index contributed by atoms with van der Waals surface area (Å²) in [5.74, 6) is -1.50. The summed E-state index contributed by atoms with van der Waals surface area (Å²) in [6.45, 7) is 3.45. The van der Waals surface area contributed by atoms with E-state index in [2.05, 4.69) is 0 Å². The molecule has 0 radical (unpaired) electrons. The fourth-order valence-electron chi connectivity index (χ4n) is 1.78. The highest BCUT2D eigenvalue weighted by molar-refractivity contribution is 7.80. The van der Waals surface area contributed by atoms with Crippen LogP contribution in [-0.2, 0) is 14.3 Å². The van der Waals surface area contributed by atoms with Crippen molar-refractivity contribution >= 4 is 23.2 Å². The van der Waals surface area contributed by atoms with Gasteiger partial charge in [-0.25, -0.2) is 0 Å². The van der Waals surface area contributed by atoms with Gasteiger partial charge in [0.2, 0.25) is 0 Å². The van der Waals surface area contributed by atoms with Gasteiger partial charge in [-0.05, 0) is 37.9 Å². The summed E-state index contributed by atoms with van der Waals surface area (Å²) in [5.41, 5.74) is 0. The zero-order valence-corrected chi connectivity index (χ0v) is 9.59. The van der Waals surface area contributed by atoms with Crippen molar-refractivity contribution < 1.29 is 19.4 Å². The molecule has 86 valence electrons. The molecule has 0 bridgehead atoms. The highest BCUT2D eigenvalue weighted by Gasteiger charge is 2.34. The van der Waals surface area contributed by atoms with Crippen LogP contribution in [0.2, 0.25) is 0 Å². The smallest absolute Gasteiger partial charge is 0.315 e. The van der Waals surface area contributed by atoms with E-state index in [1.807, 2.05) is 0 Å². The van der Waals surface area contributed by atoms with E-state index >= 15 is 0 Å². The predicted molar refractivity (Wildman–Crippen MR) is 58.9 cm³/mol. The third kappa shape index (κ3) is 3.43. The minimum Gasteiger partial charge on any atom is -0.486 e. The molecule has 0 aromatic heterocycles. The monoisotopic (exact) mass is 232 g/mol. The molecule has 1 unspecified atom stereocenters. The van der Waals surface area contributed by atoms with E-state index in [0.717, 1.165) is 12.8 Å². The first-order chi connectivity index (χ1) is 7.16. The Hall–Kier alpha value is -0.680. The van der Waals surface area contributed by atoms with Crippen LogP contribution >= 0.6 is 12.2 Å². The van der Waals surface area contributed by atoms with Crippen LogP contribution < -0.4 is 0 Å². The predicted octanol–water partition coefficient (Wildman–Crippen LogP) is 1.48. The second-order valence-corrected chi connectivity index (χ2v) is 3.92. The molecule has 1 aliphatic rings. The Bertz CT molecular complexity index is 236. The fourth-order valence-corrected chi connectivity index (χ4v) is 2.19. The van der Waals surface area contributed by atoms with Crippen LogP contribution in [0.5, 0.6) is 0 Å². The molecule has 1 atom stereocenters. The summed E-state index contributed by atoms with van der Waals surface area (Å²) in [5, 5.41) is 9.32. The van der Waals surface area contributed by atoms with Gasteiger partial charge in [-0.3, -0.25) is 4.79 Å². The number of hydrogen-bond donors (Lipinski definition) is 1. The molecule has 0 aliphatic carbocycles. The largest absolute Gasteiger partial charge is 0.486 e. The van der Waals surface area contributed by atoms with E-state index in [1.165, 1.54) is 0 Å². The lowest BCUT2D eigenvalue weighted by atomic mass is 9.86. The van der Waals surface area contributed by atoms with Crippen LogP contribution in [0.3, 0.4) is 0 Å². The van der Waals surface area contributed by atoms with Crippen molar-refractivity contribution in [1.82, 2.24) is 0 Å². The molecule has 0 aromatic carbocycles. The maximum atomic E-state index is 11.1. The van der Waals surface area contributed by atoms with Gasteiger partial charge >= 0.3 is 5.97 Å². The molecule has 0 amide bonds. The third-order valence-corrected chi connectivity index (χ3v) is 2.92. The van der Waals surface area contributed by atoms with E-state index in [4.69, 9.17) is 26.8 Å². The van der Waals surface area contributed by atoms with Gasteiger partial charge in [0.15, 0.2) is 5.05 Å². The normalized spacial score (nSPS) is 19.5. The van der Waals surface area contributed by atoms with Crippen molar-refractivity contribution in [1.29, 1.82) is 0 Å². The van der Waals surface area contributed by atoms with E-state index in [9.17, 15) is 4.79 Å². The molecule has 1 N–H and O–H groups in total. The molecule has 1 aliphatic heterocycles. The molecule has 0 spiro atoms. The molecule has 0 saturated carbocycles. The topological polar surface area (TPSA) is 55.8 Å². The van der Waals surface area contributed by atoms with Crippen molar-refractivity contribution in [2.24, 2.45) is 11.8 Å². The van der Waals surface area contributed by atoms with Gasteiger partial charge in [0.05, 0.1) is 6.61 Å². The van der Waals surface area contributed by atoms with Crippen molar-refractivity contribution in [3.05, 3.63) is 0 Å². The molecule has 4 nitrogen and oxygen atoms in total. The molecule has 1 fully saturated rings. The second-order valence-electron chi connectivity index (χ2n) is 3.52. The Kier molecular flexibility index (Phi) is 4.98. The summed E-state index contributed by atoms with van der Waals surface area (Å²) >= 11 is 4.99. The minimum absolute atomic E-state index is 0.0512. The summed E-state index contributed by atoms with van der Waals surface area (Å²) in [6.07, 6.45) is 1.48. The Balaban J connectivity index is 2.63. The van der Waals surface area contributed by atoms with Gasteiger partial charge in [-0.2, -0.15) is 0 Å². The van der Waals surface area contributed by atoms with Crippen LogP contribution in [0.15, 0.2) is 0 Å². The van der Waals surface area contributed by atoms with E-state index in [0.29, 0.717) is 19.8 Å². The Morgan fingerprint density at radius 2 is 2.20 bits per heavy atom. The maximum absolute atomic E-state index is 11.1. The zero-order chi connectivity index (χ0) is 11.3. The number of carboxylic acid groups (broad SMARTS) is 1. The number of rotatable bonds is 4. The molecule has 1 saturated heterocycles. The van der Waals surface area contributed by atoms with E-state index in [1.54, 1.807) is 6.92 Å². The SMILES string of the molecule is CCOC(=S)C(C(=O)O)C1CCOCC1. The molecule has 0 aromatic rings. The van der Waals surface area contributed by atoms with Gasteiger partial charge in [0, 0.05) is 13.2 Å². The van der Waals surface area contributed by atoms with Crippen LogP contribution in [0.1, 0.15) is 19.8 Å². The molecular weight excluding hydrogens is 216 g/mol. The second kappa shape index (κ2) is 6.02. The number of hydrogen-bond acceptors (Lipinski definition) is 4. The standard InChI is InChI=1S/C10H16O4S/c1-2-14-10(15)8(9(11)12)7-3-5-13-6-4-7/h7-8H,2-6H2,1H3,(H,11,12). The number of carboxylic acids is 1. The van der Waals surface area contributed by atoms with Crippen LogP contribution in [0.25, 0.3) is 0 Å². The first-order valence-electron chi connectivity index (χ1n) is 5.14. The number of ether oxygens (including phenoxy) is 2. The molecule has 15 heavy (non-hydrogen) atoms. The van der Waals surface area contributed by atoms with E-state index < -0.39 is 11.9 Å². The van der Waals surface area contributed by atoms with Crippen molar-refractivity contribution in [3.63, 3.8) is 0 Å². The molecule has 5 heteroatoms. The molecular formula is C10H16O4S. The van der Waals surface area contributed by atoms with Crippen molar-refractivity contribution in [2.45, 2.75) is 19.8 Å². The quantitative estimate of drug-likeness (QED) is 0.744. The maximum Gasteiger partial charge on any atom is 0.315 e. The number of thiocarbonyl (C=S) groups is 1. The average molecular weight is 232 g/mol.